The van der Waals surface area contributed by atoms with Gasteiger partial charge in [0, 0.05) is 32.0 Å². The first-order chi connectivity index (χ1) is 14.8. The number of ether oxygens (including phenoxy) is 1. The van der Waals surface area contributed by atoms with Crippen LogP contribution in [0.4, 0.5) is 11.6 Å². The number of nitrogens with zero attached hydrogens (tertiary/aromatic N) is 4. The van der Waals surface area contributed by atoms with Crippen molar-refractivity contribution in [1.29, 1.82) is 0 Å². The fourth-order valence-electron chi connectivity index (χ4n) is 4.23. The summed E-state index contributed by atoms with van der Waals surface area (Å²) in [4.78, 5) is 26.2. The number of likely N-dealkylation sites (tertiary alicyclic amines) is 1. The second-order valence-electron chi connectivity index (χ2n) is 8.07. The lowest BCUT2D eigenvalue weighted by molar-refractivity contribution is -0.120. The zero-order chi connectivity index (χ0) is 20.6. The highest BCUT2D eigenvalue weighted by molar-refractivity contribution is 5.94. The second-order valence-corrected chi connectivity index (χ2v) is 8.07. The van der Waals surface area contributed by atoms with Crippen LogP contribution in [-0.2, 0) is 4.79 Å². The molecular formula is C23H31N5O2. The fourth-order valence-corrected chi connectivity index (χ4v) is 4.23. The fraction of sp³-hybridized carbons (Fsp3) is 0.522. The van der Waals surface area contributed by atoms with Crippen LogP contribution in [0.15, 0.2) is 42.7 Å². The van der Waals surface area contributed by atoms with Gasteiger partial charge in [0.15, 0.2) is 0 Å². The summed E-state index contributed by atoms with van der Waals surface area (Å²) in [5.41, 5.74) is 0.745. The topological polar surface area (TPSA) is 70.6 Å². The molecule has 4 rings (SSSR count). The first-order valence-electron chi connectivity index (χ1n) is 11.1. The number of piperidine rings is 2. The predicted octanol–water partition coefficient (Wildman–Crippen LogP) is 3.20. The molecule has 2 aliphatic rings. The average molecular weight is 410 g/mol. The summed E-state index contributed by atoms with van der Waals surface area (Å²) in [5, 5.41) is 3.10. The molecule has 3 heterocycles. The Bertz CT molecular complexity index is 810. The molecule has 0 saturated carbocycles. The minimum absolute atomic E-state index is 0.0303. The van der Waals surface area contributed by atoms with Gasteiger partial charge < -0.3 is 15.0 Å². The summed E-state index contributed by atoms with van der Waals surface area (Å²) in [7, 11) is 0. The van der Waals surface area contributed by atoms with Gasteiger partial charge in [0.05, 0.1) is 11.6 Å². The first-order valence-corrected chi connectivity index (χ1v) is 11.1. The molecule has 2 aromatic rings. The monoisotopic (exact) mass is 409 g/mol. The van der Waals surface area contributed by atoms with Crippen molar-refractivity contribution < 1.29 is 9.53 Å². The largest absolute Gasteiger partial charge is 0.490 e. The van der Waals surface area contributed by atoms with Gasteiger partial charge >= 0.3 is 0 Å². The molecule has 1 aromatic carbocycles. The number of aromatic nitrogens is 2. The van der Waals surface area contributed by atoms with E-state index < -0.39 is 0 Å². The predicted molar refractivity (Wildman–Crippen MR) is 118 cm³/mol. The molecule has 2 fully saturated rings. The van der Waals surface area contributed by atoms with E-state index in [4.69, 9.17) is 4.74 Å². The molecule has 160 valence electrons. The molecule has 2 saturated heterocycles. The second kappa shape index (κ2) is 10.4. The maximum absolute atomic E-state index is 13.0. The van der Waals surface area contributed by atoms with Crippen LogP contribution >= 0.6 is 0 Å². The Morgan fingerprint density at radius 1 is 1.03 bits per heavy atom. The maximum atomic E-state index is 13.0. The Morgan fingerprint density at radius 3 is 2.67 bits per heavy atom. The van der Waals surface area contributed by atoms with E-state index in [0.29, 0.717) is 19.1 Å². The van der Waals surface area contributed by atoms with Gasteiger partial charge in [0.25, 0.3) is 0 Å². The van der Waals surface area contributed by atoms with Gasteiger partial charge in [-0.3, -0.25) is 9.69 Å². The molecule has 0 radical (unpaired) electrons. The van der Waals surface area contributed by atoms with Crippen LogP contribution in [0.2, 0.25) is 0 Å². The average Bonchev–Trinajstić information content (AvgIpc) is 2.81. The Hall–Kier alpha value is -2.67. The normalized spacial score (nSPS) is 20.0. The standard InChI is InChI=1S/C23H31N5O2/c29-22(19-8-6-15-28(18-19)23-24-11-7-12-25-23)26-20-9-2-3-10-21(20)30-17-16-27-13-4-1-5-14-27/h2-3,7,9-12,19H,1,4-6,8,13-18H2,(H,26,29)/t19-/m0/s1. The third kappa shape index (κ3) is 5.48. The zero-order valence-corrected chi connectivity index (χ0v) is 17.5. The van der Waals surface area contributed by atoms with E-state index in [-0.39, 0.29) is 11.8 Å². The zero-order valence-electron chi connectivity index (χ0n) is 17.5. The molecule has 1 N–H and O–H groups in total. The maximum Gasteiger partial charge on any atom is 0.229 e. The number of rotatable bonds is 7. The number of hydrogen-bond acceptors (Lipinski definition) is 6. The van der Waals surface area contributed by atoms with Crippen LogP contribution < -0.4 is 15.0 Å². The quantitative estimate of drug-likeness (QED) is 0.757. The molecule has 30 heavy (non-hydrogen) atoms. The van der Waals surface area contributed by atoms with E-state index in [0.717, 1.165) is 50.5 Å². The van der Waals surface area contributed by atoms with E-state index in [1.807, 2.05) is 24.3 Å². The minimum atomic E-state index is -0.0936. The third-order valence-electron chi connectivity index (χ3n) is 5.89. The smallest absolute Gasteiger partial charge is 0.229 e. The Morgan fingerprint density at radius 2 is 1.83 bits per heavy atom. The first kappa shape index (κ1) is 20.6. The number of carbonyl (C=O) groups excluding carboxylic acids is 1. The van der Waals surface area contributed by atoms with Gasteiger partial charge in [-0.1, -0.05) is 18.6 Å². The van der Waals surface area contributed by atoms with E-state index in [1.54, 1.807) is 18.5 Å². The van der Waals surface area contributed by atoms with E-state index in [2.05, 4.69) is 25.1 Å². The Labute approximate surface area is 178 Å². The molecule has 0 spiro atoms. The van der Waals surface area contributed by atoms with Gasteiger partial charge in [-0.05, 0) is 57.0 Å². The lowest BCUT2D eigenvalue weighted by Gasteiger charge is -2.32. The molecule has 7 heteroatoms. The highest BCUT2D eigenvalue weighted by Crippen LogP contribution is 2.26. The Balaban J connectivity index is 1.32. The number of amides is 1. The van der Waals surface area contributed by atoms with Gasteiger partial charge in [-0.25, -0.2) is 9.97 Å². The van der Waals surface area contributed by atoms with Crippen molar-refractivity contribution in [2.75, 3.05) is 49.5 Å². The van der Waals surface area contributed by atoms with Crippen LogP contribution in [0.25, 0.3) is 0 Å². The van der Waals surface area contributed by atoms with E-state index >= 15 is 0 Å². The molecule has 7 nitrogen and oxygen atoms in total. The highest BCUT2D eigenvalue weighted by atomic mass is 16.5. The van der Waals surface area contributed by atoms with Crippen LogP contribution in [0.3, 0.4) is 0 Å². The number of hydrogen-bond donors (Lipinski definition) is 1. The molecule has 0 unspecified atom stereocenters. The van der Waals surface area contributed by atoms with Crippen molar-refractivity contribution in [2.24, 2.45) is 5.92 Å². The van der Waals surface area contributed by atoms with E-state index in [1.165, 1.54) is 19.3 Å². The lowest BCUT2D eigenvalue weighted by Crippen LogP contribution is -2.41. The molecule has 1 aromatic heterocycles. The molecule has 1 atom stereocenters. The summed E-state index contributed by atoms with van der Waals surface area (Å²) >= 11 is 0. The van der Waals surface area contributed by atoms with Crippen molar-refractivity contribution >= 4 is 17.5 Å². The van der Waals surface area contributed by atoms with Crippen molar-refractivity contribution in [1.82, 2.24) is 14.9 Å². The summed E-state index contributed by atoms with van der Waals surface area (Å²) in [6.45, 7) is 5.39. The van der Waals surface area contributed by atoms with E-state index in [9.17, 15) is 4.79 Å². The van der Waals surface area contributed by atoms with Gasteiger partial charge in [-0.2, -0.15) is 0 Å². The van der Waals surface area contributed by atoms with Crippen molar-refractivity contribution in [3.63, 3.8) is 0 Å². The van der Waals surface area contributed by atoms with Crippen LogP contribution in [-0.4, -0.2) is 60.1 Å². The third-order valence-corrected chi connectivity index (χ3v) is 5.89. The van der Waals surface area contributed by atoms with Crippen molar-refractivity contribution in [3.05, 3.63) is 42.7 Å². The number of nitrogens with one attached hydrogen (secondary N) is 1. The van der Waals surface area contributed by atoms with Crippen LogP contribution in [0.5, 0.6) is 5.75 Å². The summed E-state index contributed by atoms with van der Waals surface area (Å²) < 4.78 is 6.03. The number of benzene rings is 1. The molecule has 0 aliphatic carbocycles. The SMILES string of the molecule is O=C(Nc1ccccc1OCCN1CCCCC1)[C@H]1CCCN(c2ncccn2)C1. The summed E-state index contributed by atoms with van der Waals surface area (Å²) in [5.74, 6) is 1.37. The van der Waals surface area contributed by atoms with Crippen LogP contribution in [0, 0.1) is 5.92 Å². The lowest BCUT2D eigenvalue weighted by atomic mass is 9.97. The van der Waals surface area contributed by atoms with Gasteiger partial charge in [0.2, 0.25) is 11.9 Å². The molecule has 1 amide bonds. The van der Waals surface area contributed by atoms with Gasteiger partial charge in [-0.15, -0.1) is 0 Å². The summed E-state index contributed by atoms with van der Waals surface area (Å²) in [6, 6.07) is 9.52. The molecule has 2 aliphatic heterocycles. The number of para-hydroxylation sites is 2. The molecule has 0 bridgehead atoms. The summed E-state index contributed by atoms with van der Waals surface area (Å²) in [6.07, 6.45) is 9.18. The molecular weight excluding hydrogens is 378 g/mol. The van der Waals surface area contributed by atoms with Crippen molar-refractivity contribution in [2.45, 2.75) is 32.1 Å². The minimum Gasteiger partial charge on any atom is -0.490 e. The Kier molecular flexibility index (Phi) is 7.13. The number of anilines is 2. The van der Waals surface area contributed by atoms with Gasteiger partial charge in [0.1, 0.15) is 12.4 Å². The van der Waals surface area contributed by atoms with Crippen LogP contribution in [0.1, 0.15) is 32.1 Å². The van der Waals surface area contributed by atoms with Crippen molar-refractivity contribution in [3.8, 4) is 5.75 Å². The highest BCUT2D eigenvalue weighted by Gasteiger charge is 2.27. The number of carbonyl (C=O) groups is 1.